The highest BCUT2D eigenvalue weighted by Crippen LogP contribution is 2.41. The molecule has 9 heteroatoms. The van der Waals surface area contributed by atoms with Gasteiger partial charge in [-0.1, -0.05) is 23.7 Å². The fourth-order valence-electron chi connectivity index (χ4n) is 3.80. The summed E-state index contributed by atoms with van der Waals surface area (Å²) in [5.41, 5.74) is 1.56. The van der Waals surface area contributed by atoms with Crippen molar-refractivity contribution < 1.29 is 40.1 Å². The molecule has 0 aromatic heterocycles. The maximum Gasteiger partial charge on any atom is 0.222 e. The average Bonchev–Trinajstić information content (AvgIpc) is 2.76. The van der Waals surface area contributed by atoms with Gasteiger partial charge in [-0.05, 0) is 54.3 Å². The molecule has 8 nitrogen and oxygen atoms in total. The van der Waals surface area contributed by atoms with Gasteiger partial charge < -0.3 is 40.1 Å². The van der Waals surface area contributed by atoms with Gasteiger partial charge in [0.1, 0.15) is 30.2 Å². The minimum absolute atomic E-state index is 0.0176. The highest BCUT2D eigenvalue weighted by molar-refractivity contribution is 6.31. The first-order valence-electron chi connectivity index (χ1n) is 9.80. The fraction of sp³-hybridized carbons (Fsp3) is 0.455. The molecule has 170 valence electrons. The SMILES string of the molecule is COc1ccc(Cc2c(Cl)cc(CO)cc2[C@@]2(O)O[C@H]([C@H](C)O)[C@@H](O)[C@H](O)[C@H]2O)cc1. The third kappa shape index (κ3) is 4.57. The summed E-state index contributed by atoms with van der Waals surface area (Å²) < 4.78 is 10.7. The van der Waals surface area contributed by atoms with Crippen LogP contribution in [0.15, 0.2) is 36.4 Å². The summed E-state index contributed by atoms with van der Waals surface area (Å²) in [5, 5.41) is 62.4. The molecule has 1 heterocycles. The van der Waals surface area contributed by atoms with Crippen LogP contribution in [0.3, 0.4) is 0 Å². The van der Waals surface area contributed by atoms with E-state index >= 15 is 0 Å². The van der Waals surface area contributed by atoms with Crippen LogP contribution in [0.1, 0.15) is 29.2 Å². The number of halogens is 1. The van der Waals surface area contributed by atoms with Crippen LogP contribution in [0.2, 0.25) is 5.02 Å². The number of hydrogen-bond donors (Lipinski definition) is 6. The molecule has 0 unspecified atom stereocenters. The number of benzene rings is 2. The lowest BCUT2D eigenvalue weighted by atomic mass is 9.83. The number of ether oxygens (including phenoxy) is 2. The fourth-order valence-corrected chi connectivity index (χ4v) is 4.11. The van der Waals surface area contributed by atoms with Gasteiger partial charge in [0, 0.05) is 10.6 Å². The Morgan fingerprint density at radius 2 is 1.74 bits per heavy atom. The lowest BCUT2D eigenvalue weighted by Crippen LogP contribution is -2.65. The Labute approximate surface area is 184 Å². The van der Waals surface area contributed by atoms with Crippen molar-refractivity contribution in [1.82, 2.24) is 0 Å². The molecule has 2 aromatic rings. The Kier molecular flexibility index (Phi) is 7.25. The maximum atomic E-state index is 11.4. The number of rotatable bonds is 6. The highest BCUT2D eigenvalue weighted by atomic mass is 35.5. The normalized spacial score (nSPS) is 29.6. The standard InChI is InChI=1S/C22H27ClO8/c1-11(25)20-18(26)19(27)21(28)22(29,31-20)16-8-13(10-24)9-17(23)15(16)7-12-3-5-14(30-2)6-4-12/h3-6,8-9,11,18-21,24-29H,7,10H2,1-2H3/t11-,18-,19-,20+,21+,22+/m0/s1. The van der Waals surface area contributed by atoms with Crippen molar-refractivity contribution in [3.05, 3.63) is 63.7 Å². The Morgan fingerprint density at radius 1 is 1.10 bits per heavy atom. The van der Waals surface area contributed by atoms with E-state index in [1.165, 1.54) is 19.1 Å². The van der Waals surface area contributed by atoms with Crippen molar-refractivity contribution in [2.24, 2.45) is 0 Å². The largest absolute Gasteiger partial charge is 0.497 e. The molecule has 0 amide bonds. The summed E-state index contributed by atoms with van der Waals surface area (Å²) in [7, 11) is 1.55. The number of aliphatic hydroxyl groups is 6. The molecule has 3 rings (SSSR count). The molecule has 0 saturated carbocycles. The van der Waals surface area contributed by atoms with Crippen LogP contribution in [0.25, 0.3) is 0 Å². The monoisotopic (exact) mass is 454 g/mol. The topological polar surface area (TPSA) is 140 Å². The zero-order valence-electron chi connectivity index (χ0n) is 17.1. The van der Waals surface area contributed by atoms with Gasteiger partial charge in [-0.25, -0.2) is 0 Å². The van der Waals surface area contributed by atoms with Crippen molar-refractivity contribution in [3.63, 3.8) is 0 Å². The molecular weight excluding hydrogens is 428 g/mol. The Balaban J connectivity index is 2.12. The molecule has 6 atom stereocenters. The summed E-state index contributed by atoms with van der Waals surface area (Å²) in [6.45, 7) is 0.931. The molecule has 31 heavy (non-hydrogen) atoms. The van der Waals surface area contributed by atoms with Gasteiger partial charge in [0.2, 0.25) is 5.79 Å². The van der Waals surface area contributed by atoms with Crippen LogP contribution < -0.4 is 4.74 Å². The lowest BCUT2D eigenvalue weighted by molar-refractivity contribution is -0.364. The molecule has 1 aliphatic rings. The van der Waals surface area contributed by atoms with Gasteiger partial charge in [-0.3, -0.25) is 0 Å². The number of aliphatic hydroxyl groups excluding tert-OH is 5. The molecule has 0 bridgehead atoms. The molecule has 6 N–H and O–H groups in total. The van der Waals surface area contributed by atoms with E-state index in [1.807, 2.05) is 0 Å². The van der Waals surface area contributed by atoms with Crippen molar-refractivity contribution in [3.8, 4) is 5.75 Å². The summed E-state index contributed by atoms with van der Waals surface area (Å²) >= 11 is 6.47. The van der Waals surface area contributed by atoms with Crippen molar-refractivity contribution >= 4 is 11.6 Å². The second-order valence-corrected chi connectivity index (χ2v) is 8.14. The first-order chi connectivity index (χ1) is 14.6. The van der Waals surface area contributed by atoms with Gasteiger partial charge in [0.25, 0.3) is 0 Å². The van der Waals surface area contributed by atoms with Crippen LogP contribution in [0.4, 0.5) is 0 Å². The Morgan fingerprint density at radius 3 is 2.29 bits per heavy atom. The van der Waals surface area contributed by atoms with E-state index < -0.39 is 42.9 Å². The average molecular weight is 455 g/mol. The molecule has 2 aromatic carbocycles. The quantitative estimate of drug-likeness (QED) is 0.369. The van der Waals surface area contributed by atoms with Gasteiger partial charge in [0.15, 0.2) is 0 Å². The van der Waals surface area contributed by atoms with Gasteiger partial charge in [-0.15, -0.1) is 0 Å². The zero-order chi connectivity index (χ0) is 22.9. The maximum absolute atomic E-state index is 11.4. The second-order valence-electron chi connectivity index (χ2n) is 7.73. The van der Waals surface area contributed by atoms with Gasteiger partial charge in [-0.2, -0.15) is 0 Å². The van der Waals surface area contributed by atoms with Gasteiger partial charge >= 0.3 is 0 Å². The van der Waals surface area contributed by atoms with Crippen LogP contribution >= 0.6 is 11.6 Å². The minimum atomic E-state index is -2.50. The summed E-state index contributed by atoms with van der Waals surface area (Å²) in [4.78, 5) is 0. The number of hydrogen-bond acceptors (Lipinski definition) is 8. The van der Waals surface area contributed by atoms with E-state index in [0.717, 1.165) is 5.56 Å². The van der Waals surface area contributed by atoms with E-state index in [9.17, 15) is 30.6 Å². The molecule has 1 aliphatic heterocycles. The molecule has 1 fully saturated rings. The van der Waals surface area contributed by atoms with Crippen molar-refractivity contribution in [2.75, 3.05) is 7.11 Å². The molecule has 0 radical (unpaired) electrons. The highest BCUT2D eigenvalue weighted by Gasteiger charge is 2.55. The summed E-state index contributed by atoms with van der Waals surface area (Å²) in [5.74, 6) is -1.84. The molecule has 0 aliphatic carbocycles. The molecule has 1 saturated heterocycles. The predicted octanol–water partition coefficient (Wildman–Crippen LogP) is 0.439. The summed E-state index contributed by atoms with van der Waals surface area (Å²) in [6, 6.07) is 10.1. The van der Waals surface area contributed by atoms with Crippen LogP contribution in [0, 0.1) is 0 Å². The van der Waals surface area contributed by atoms with Gasteiger partial charge in [0.05, 0.1) is 19.8 Å². The van der Waals surface area contributed by atoms with E-state index in [-0.39, 0.29) is 17.0 Å². The summed E-state index contributed by atoms with van der Waals surface area (Å²) in [6.07, 6.45) is -7.79. The van der Waals surface area contributed by atoms with E-state index in [4.69, 9.17) is 21.1 Å². The van der Waals surface area contributed by atoms with Crippen LogP contribution in [0.5, 0.6) is 5.75 Å². The lowest BCUT2D eigenvalue weighted by Gasteiger charge is -2.47. The number of methoxy groups -OCH3 is 1. The third-order valence-corrected chi connectivity index (χ3v) is 5.90. The minimum Gasteiger partial charge on any atom is -0.497 e. The first-order valence-corrected chi connectivity index (χ1v) is 10.2. The van der Waals surface area contributed by atoms with E-state index in [2.05, 4.69) is 0 Å². The van der Waals surface area contributed by atoms with Crippen LogP contribution in [-0.2, 0) is 23.6 Å². The van der Waals surface area contributed by atoms with Crippen molar-refractivity contribution in [1.29, 1.82) is 0 Å². The predicted molar refractivity (Wildman–Crippen MR) is 112 cm³/mol. The van der Waals surface area contributed by atoms with E-state index in [0.29, 0.717) is 16.9 Å². The first kappa shape index (κ1) is 23.9. The smallest absolute Gasteiger partial charge is 0.222 e. The van der Waals surface area contributed by atoms with Crippen molar-refractivity contribution in [2.45, 2.75) is 56.3 Å². The van der Waals surface area contributed by atoms with E-state index in [1.54, 1.807) is 31.4 Å². The third-order valence-electron chi connectivity index (χ3n) is 5.57. The molecule has 0 spiro atoms. The molecular formula is C22H27ClO8. The Hall–Kier alpha value is -1.75. The Bertz CT molecular complexity index is 903. The second kappa shape index (κ2) is 9.40. The zero-order valence-corrected chi connectivity index (χ0v) is 17.9. The van der Waals surface area contributed by atoms with Crippen LogP contribution in [-0.4, -0.2) is 68.3 Å².